The predicted octanol–water partition coefficient (Wildman–Crippen LogP) is 17.0. The summed E-state index contributed by atoms with van der Waals surface area (Å²) >= 11 is 0. The quantitative estimate of drug-likeness (QED) is 0.145. The molecule has 0 aliphatic rings. The van der Waals surface area contributed by atoms with Crippen LogP contribution in [0.3, 0.4) is 0 Å². The maximum absolute atomic E-state index is 6.14. The van der Waals surface area contributed by atoms with Crippen LogP contribution in [0.15, 0.2) is 253 Å². The van der Waals surface area contributed by atoms with Crippen molar-refractivity contribution in [1.82, 2.24) is 4.57 Å². The van der Waals surface area contributed by atoms with Crippen molar-refractivity contribution in [2.75, 3.05) is 9.80 Å². The second-order valence-corrected chi connectivity index (χ2v) is 16.2. The average Bonchev–Trinajstić information content (AvgIpc) is 3.91. The second-order valence-electron chi connectivity index (χ2n) is 16.2. The number of anilines is 6. The van der Waals surface area contributed by atoms with Gasteiger partial charge in [0.25, 0.3) is 0 Å². The molecule has 10 aromatic carbocycles. The van der Waals surface area contributed by atoms with Gasteiger partial charge in [-0.05, 0) is 138 Å². The molecular weight excluding hydrogens is 779 g/mol. The monoisotopic (exact) mass is 819 g/mol. The maximum Gasteiger partial charge on any atom is 0.135 e. The smallest absolute Gasteiger partial charge is 0.135 e. The molecule has 4 heteroatoms. The first-order valence-corrected chi connectivity index (χ1v) is 21.7. The normalized spacial score (nSPS) is 11.4. The molecule has 0 spiro atoms. The van der Waals surface area contributed by atoms with Crippen LogP contribution in [-0.2, 0) is 0 Å². The molecule has 0 bridgehead atoms. The number of rotatable bonds is 9. The van der Waals surface area contributed by atoms with E-state index in [1.165, 1.54) is 21.8 Å². The van der Waals surface area contributed by atoms with E-state index in [2.05, 4.69) is 251 Å². The minimum Gasteiger partial charge on any atom is -0.456 e. The lowest BCUT2D eigenvalue weighted by Gasteiger charge is -2.26. The SMILES string of the molecule is c1ccc(N(c2ccccc2)c2ccc(-c3ccc(N(c4ccc(-c5ccc6oc7ccccc7c6c5)cc4)c4ccc(-n5c6ccccc6c6ccccc65)cc4)cc3)cc2)cc1. The highest BCUT2D eigenvalue weighted by atomic mass is 16.3. The number of para-hydroxylation sites is 5. The van der Waals surface area contributed by atoms with Gasteiger partial charge in [-0.25, -0.2) is 0 Å². The van der Waals surface area contributed by atoms with Crippen molar-refractivity contribution in [1.29, 1.82) is 0 Å². The van der Waals surface area contributed by atoms with Crippen molar-refractivity contribution < 1.29 is 4.42 Å². The molecule has 0 aliphatic carbocycles. The Labute approximate surface area is 371 Å². The molecular formula is C60H41N3O. The molecule has 0 unspecified atom stereocenters. The number of nitrogens with zero attached hydrogens (tertiary/aromatic N) is 3. The van der Waals surface area contributed by atoms with E-state index in [9.17, 15) is 0 Å². The van der Waals surface area contributed by atoms with Crippen LogP contribution in [0.5, 0.6) is 0 Å². The van der Waals surface area contributed by atoms with E-state index in [1.807, 2.05) is 12.1 Å². The molecule has 0 fully saturated rings. The van der Waals surface area contributed by atoms with Gasteiger partial charge in [-0.3, -0.25) is 0 Å². The first-order valence-electron chi connectivity index (χ1n) is 21.7. The molecule has 12 aromatic rings. The van der Waals surface area contributed by atoms with E-state index in [-0.39, 0.29) is 0 Å². The van der Waals surface area contributed by atoms with E-state index in [4.69, 9.17) is 4.42 Å². The zero-order chi connectivity index (χ0) is 42.4. The summed E-state index contributed by atoms with van der Waals surface area (Å²) in [6.07, 6.45) is 0. The van der Waals surface area contributed by atoms with E-state index < -0.39 is 0 Å². The Balaban J connectivity index is 0.905. The number of furan rings is 1. The number of hydrogen-bond donors (Lipinski definition) is 0. The molecule has 2 heterocycles. The molecule has 0 aliphatic heterocycles. The zero-order valence-electron chi connectivity index (χ0n) is 34.9. The Kier molecular flexibility index (Phi) is 9.12. The van der Waals surface area contributed by atoms with Crippen molar-refractivity contribution >= 4 is 77.9 Å². The first-order chi connectivity index (χ1) is 31.7. The lowest BCUT2D eigenvalue weighted by Crippen LogP contribution is -2.10. The van der Waals surface area contributed by atoms with E-state index in [0.717, 1.165) is 84.0 Å². The van der Waals surface area contributed by atoms with Gasteiger partial charge in [0.15, 0.2) is 0 Å². The third kappa shape index (κ3) is 6.57. The molecule has 2 aromatic heterocycles. The summed E-state index contributed by atoms with van der Waals surface area (Å²) in [7, 11) is 0. The Morgan fingerprint density at radius 1 is 0.266 bits per heavy atom. The molecule has 0 saturated heterocycles. The van der Waals surface area contributed by atoms with Crippen molar-refractivity contribution in [3.63, 3.8) is 0 Å². The van der Waals surface area contributed by atoms with E-state index in [1.54, 1.807) is 0 Å². The minimum absolute atomic E-state index is 0.901. The highest BCUT2D eigenvalue weighted by Crippen LogP contribution is 2.40. The van der Waals surface area contributed by atoms with Crippen molar-refractivity contribution in [3.05, 3.63) is 249 Å². The molecule has 0 atom stereocenters. The maximum atomic E-state index is 6.14. The van der Waals surface area contributed by atoms with Crippen LogP contribution in [0.1, 0.15) is 0 Å². The van der Waals surface area contributed by atoms with E-state index in [0.29, 0.717) is 0 Å². The Morgan fingerprint density at radius 3 is 1.12 bits per heavy atom. The van der Waals surface area contributed by atoms with Crippen LogP contribution in [0, 0.1) is 0 Å². The van der Waals surface area contributed by atoms with Gasteiger partial charge >= 0.3 is 0 Å². The Morgan fingerprint density at radius 2 is 0.625 bits per heavy atom. The van der Waals surface area contributed by atoms with Gasteiger partial charge < -0.3 is 18.8 Å². The predicted molar refractivity (Wildman–Crippen MR) is 268 cm³/mol. The summed E-state index contributed by atoms with van der Waals surface area (Å²) in [5, 5.41) is 4.76. The van der Waals surface area contributed by atoms with Crippen LogP contribution >= 0.6 is 0 Å². The average molecular weight is 820 g/mol. The summed E-state index contributed by atoms with van der Waals surface area (Å²) in [5.74, 6) is 0. The highest BCUT2D eigenvalue weighted by molar-refractivity contribution is 6.09. The summed E-state index contributed by atoms with van der Waals surface area (Å²) < 4.78 is 8.51. The molecule has 0 radical (unpaired) electrons. The van der Waals surface area contributed by atoms with Crippen LogP contribution in [-0.4, -0.2) is 4.57 Å². The lowest BCUT2D eigenvalue weighted by atomic mass is 10.0. The van der Waals surface area contributed by atoms with Gasteiger partial charge in [0.05, 0.1) is 11.0 Å². The molecule has 302 valence electrons. The van der Waals surface area contributed by atoms with Crippen molar-refractivity contribution in [2.24, 2.45) is 0 Å². The van der Waals surface area contributed by atoms with Crippen LogP contribution in [0.4, 0.5) is 34.1 Å². The second kappa shape index (κ2) is 15.7. The molecule has 4 nitrogen and oxygen atoms in total. The fourth-order valence-corrected chi connectivity index (χ4v) is 9.31. The molecule has 0 amide bonds. The van der Waals surface area contributed by atoms with Crippen molar-refractivity contribution in [3.8, 4) is 27.9 Å². The summed E-state index contributed by atoms with van der Waals surface area (Å²) in [6.45, 7) is 0. The Bertz CT molecular complexity index is 3480. The minimum atomic E-state index is 0.901. The number of benzene rings is 10. The zero-order valence-corrected chi connectivity index (χ0v) is 34.9. The third-order valence-corrected chi connectivity index (χ3v) is 12.4. The molecule has 64 heavy (non-hydrogen) atoms. The van der Waals surface area contributed by atoms with Crippen LogP contribution in [0.2, 0.25) is 0 Å². The van der Waals surface area contributed by atoms with Gasteiger partial charge in [-0.2, -0.15) is 0 Å². The van der Waals surface area contributed by atoms with Gasteiger partial charge in [0.2, 0.25) is 0 Å². The fourth-order valence-electron chi connectivity index (χ4n) is 9.31. The van der Waals surface area contributed by atoms with Gasteiger partial charge in [0, 0.05) is 61.4 Å². The van der Waals surface area contributed by atoms with Crippen LogP contribution in [0.25, 0.3) is 71.7 Å². The summed E-state index contributed by atoms with van der Waals surface area (Å²) in [5.41, 5.74) is 16.5. The molecule has 12 rings (SSSR count). The third-order valence-electron chi connectivity index (χ3n) is 12.4. The molecule has 0 saturated carbocycles. The van der Waals surface area contributed by atoms with Crippen LogP contribution < -0.4 is 9.80 Å². The standard InChI is InChI=1S/C60H41N3O/c1-3-13-46(14-4-1)61(47-15-5-2-6-16-47)48-30-23-42(24-31-48)43-25-32-49(33-26-43)62(50-34-27-44(28-35-50)45-29-40-60-56(41-45)55-19-9-12-22-59(55)64-60)51-36-38-52(39-37-51)63-57-20-10-7-17-53(57)54-18-8-11-21-58(54)63/h1-41H. The number of fused-ring (bicyclic) bond motifs is 6. The van der Waals surface area contributed by atoms with Crippen molar-refractivity contribution in [2.45, 2.75) is 0 Å². The highest BCUT2D eigenvalue weighted by Gasteiger charge is 2.17. The van der Waals surface area contributed by atoms with Gasteiger partial charge in [-0.1, -0.05) is 133 Å². The first kappa shape index (κ1) is 37.2. The summed E-state index contributed by atoms with van der Waals surface area (Å²) in [6, 6.07) is 88.8. The Hall–Kier alpha value is -8.60. The lowest BCUT2D eigenvalue weighted by molar-refractivity contribution is 0.669. The van der Waals surface area contributed by atoms with E-state index >= 15 is 0 Å². The number of aromatic nitrogens is 1. The largest absolute Gasteiger partial charge is 0.456 e. The summed E-state index contributed by atoms with van der Waals surface area (Å²) in [4.78, 5) is 4.64. The number of hydrogen-bond acceptors (Lipinski definition) is 3. The fraction of sp³-hybridized carbons (Fsp3) is 0. The molecule has 0 N–H and O–H groups in total. The topological polar surface area (TPSA) is 24.6 Å². The van der Waals surface area contributed by atoms with Gasteiger partial charge in [-0.15, -0.1) is 0 Å². The van der Waals surface area contributed by atoms with Gasteiger partial charge in [0.1, 0.15) is 11.2 Å².